The molecular formula is C11H17N5O7. The summed E-state index contributed by atoms with van der Waals surface area (Å²) in [6.07, 6.45) is 0.839. The number of carboxylic acids is 2. The highest BCUT2D eigenvalue weighted by molar-refractivity contribution is 5.84. The number of rotatable bonds is 6. The van der Waals surface area contributed by atoms with Gasteiger partial charge in [0.15, 0.2) is 0 Å². The van der Waals surface area contributed by atoms with Crippen LogP contribution in [-0.2, 0) is 4.79 Å². The van der Waals surface area contributed by atoms with Crippen LogP contribution in [-0.4, -0.2) is 50.7 Å². The van der Waals surface area contributed by atoms with Crippen molar-refractivity contribution >= 4 is 18.0 Å². The lowest BCUT2D eigenvalue weighted by Crippen LogP contribution is -2.33. The lowest BCUT2D eigenvalue weighted by molar-refractivity contribution is -0.138. The number of primary amides is 1. The van der Waals surface area contributed by atoms with Gasteiger partial charge in [-0.3, -0.25) is 14.6 Å². The number of hydrogen-bond donors (Lipinski definition) is 7. The Morgan fingerprint density at radius 2 is 1.83 bits per heavy atom. The molecular weight excluding hydrogens is 314 g/mol. The minimum atomic E-state index is -1.34. The average Bonchev–Trinajstić information content (AvgIpc) is 2.42. The molecule has 1 atom stereocenters. The highest BCUT2D eigenvalue weighted by atomic mass is 16.4. The number of carbonyl (C=O) groups excluding carboxylic acids is 1. The second kappa shape index (κ2) is 9.73. The lowest BCUT2D eigenvalue weighted by atomic mass is 10.2. The predicted molar refractivity (Wildman–Crippen MR) is 77.1 cm³/mol. The molecule has 0 unspecified atom stereocenters. The van der Waals surface area contributed by atoms with Gasteiger partial charge in [0.1, 0.15) is 11.7 Å². The zero-order valence-electron chi connectivity index (χ0n) is 11.9. The van der Waals surface area contributed by atoms with Gasteiger partial charge in [0, 0.05) is 12.6 Å². The highest BCUT2D eigenvalue weighted by Crippen LogP contribution is 1.92. The molecule has 0 saturated carbocycles. The van der Waals surface area contributed by atoms with Crippen LogP contribution < -0.4 is 28.0 Å². The predicted octanol–water partition coefficient (Wildman–Crippen LogP) is -2.39. The maximum absolute atomic E-state index is 10.5. The summed E-state index contributed by atoms with van der Waals surface area (Å²) in [4.78, 5) is 55.2. The fourth-order valence-corrected chi connectivity index (χ4v) is 1.24. The summed E-state index contributed by atoms with van der Waals surface area (Å²) in [6, 6.07) is -0.678. The zero-order chi connectivity index (χ0) is 18.0. The summed E-state index contributed by atoms with van der Waals surface area (Å²) >= 11 is 0. The third-order valence-electron chi connectivity index (χ3n) is 2.30. The first-order valence-corrected chi connectivity index (χ1v) is 6.22. The van der Waals surface area contributed by atoms with Gasteiger partial charge in [0.05, 0.1) is 0 Å². The van der Waals surface area contributed by atoms with E-state index < -0.39 is 41.0 Å². The summed E-state index contributed by atoms with van der Waals surface area (Å²) in [5.74, 6) is -2.37. The molecule has 2 amide bonds. The summed E-state index contributed by atoms with van der Waals surface area (Å²) in [5.41, 5.74) is 7.99. The maximum atomic E-state index is 10.5. The molecule has 0 aliphatic carbocycles. The summed E-state index contributed by atoms with van der Waals surface area (Å²) < 4.78 is 0. The number of aromatic carboxylic acids is 1. The first-order chi connectivity index (χ1) is 10.6. The second-order valence-electron chi connectivity index (χ2n) is 4.18. The molecule has 0 fully saturated rings. The number of aromatic amines is 2. The Bertz CT molecular complexity index is 637. The van der Waals surface area contributed by atoms with E-state index in [1.807, 2.05) is 9.97 Å². The van der Waals surface area contributed by atoms with Crippen molar-refractivity contribution in [2.45, 2.75) is 18.9 Å². The normalized spacial score (nSPS) is 10.8. The second-order valence-corrected chi connectivity index (χ2v) is 4.18. The number of urea groups is 1. The summed E-state index contributed by atoms with van der Waals surface area (Å²) in [5, 5.41) is 19.0. The van der Waals surface area contributed by atoms with Crippen molar-refractivity contribution < 1.29 is 24.6 Å². The van der Waals surface area contributed by atoms with Gasteiger partial charge in [-0.05, 0) is 12.8 Å². The minimum absolute atomic E-state index is 0.329. The van der Waals surface area contributed by atoms with Crippen molar-refractivity contribution in [1.82, 2.24) is 15.3 Å². The molecule has 0 radical (unpaired) electrons. The van der Waals surface area contributed by atoms with Crippen LogP contribution in [0.5, 0.6) is 0 Å². The van der Waals surface area contributed by atoms with Gasteiger partial charge in [0.25, 0.3) is 5.56 Å². The quantitative estimate of drug-likeness (QED) is 0.278. The van der Waals surface area contributed by atoms with E-state index in [1.54, 1.807) is 0 Å². The van der Waals surface area contributed by atoms with Gasteiger partial charge in [-0.15, -0.1) is 0 Å². The largest absolute Gasteiger partial charge is 0.480 e. The number of carboxylic acid groups (broad SMARTS) is 2. The third kappa shape index (κ3) is 9.41. The van der Waals surface area contributed by atoms with Crippen molar-refractivity contribution in [2.75, 3.05) is 6.54 Å². The molecule has 1 heterocycles. The van der Waals surface area contributed by atoms with Gasteiger partial charge in [0.2, 0.25) is 0 Å². The monoisotopic (exact) mass is 331 g/mol. The number of hydrogen-bond acceptors (Lipinski definition) is 6. The maximum Gasteiger partial charge on any atom is 0.352 e. The first-order valence-electron chi connectivity index (χ1n) is 6.22. The SMILES string of the molecule is NC(=O)NCCC[C@H](N)C(=O)O.O=C(O)c1cc(=O)[nH]c(=O)[nH]1. The molecule has 12 nitrogen and oxygen atoms in total. The summed E-state index contributed by atoms with van der Waals surface area (Å²) in [7, 11) is 0. The fourth-order valence-electron chi connectivity index (χ4n) is 1.24. The van der Waals surface area contributed by atoms with Crippen molar-refractivity contribution in [3.63, 3.8) is 0 Å². The fraction of sp³-hybridized carbons (Fsp3) is 0.364. The number of aromatic nitrogens is 2. The number of amides is 2. The van der Waals surface area contributed by atoms with Crippen LogP contribution >= 0.6 is 0 Å². The third-order valence-corrected chi connectivity index (χ3v) is 2.30. The Labute approximate surface area is 128 Å². The molecule has 0 aromatic carbocycles. The lowest BCUT2D eigenvalue weighted by Gasteiger charge is -2.05. The standard InChI is InChI=1S/C6H13N3O3.C5H4N2O4/c7-4(5(10)11)2-1-3-9-6(8)12;8-3-1-2(4(9)10)6-5(11)7-3/h4H,1-3,7H2,(H,10,11)(H3,8,9,12);1H,(H,9,10)(H2,6,7,8,11)/t4-;/m0./s1. The molecule has 128 valence electrons. The van der Waals surface area contributed by atoms with E-state index in [1.165, 1.54) is 0 Å². The number of nitrogens with one attached hydrogen (secondary N) is 3. The van der Waals surface area contributed by atoms with Crippen molar-refractivity contribution in [2.24, 2.45) is 11.5 Å². The number of nitrogens with two attached hydrogens (primary N) is 2. The molecule has 0 aliphatic heterocycles. The first kappa shape index (κ1) is 19.9. The van der Waals surface area contributed by atoms with Gasteiger partial charge in [-0.2, -0.15) is 0 Å². The van der Waals surface area contributed by atoms with Crippen LogP contribution in [0.3, 0.4) is 0 Å². The molecule has 0 aliphatic rings. The molecule has 9 N–H and O–H groups in total. The highest BCUT2D eigenvalue weighted by Gasteiger charge is 2.09. The van der Waals surface area contributed by atoms with E-state index in [2.05, 4.69) is 5.32 Å². The van der Waals surface area contributed by atoms with Gasteiger partial charge >= 0.3 is 23.7 Å². The molecule has 0 bridgehead atoms. The smallest absolute Gasteiger partial charge is 0.352 e. The Morgan fingerprint density at radius 1 is 1.22 bits per heavy atom. The van der Waals surface area contributed by atoms with Crippen LogP contribution in [0.2, 0.25) is 0 Å². The van der Waals surface area contributed by atoms with E-state index in [4.69, 9.17) is 21.7 Å². The van der Waals surface area contributed by atoms with Crippen LogP contribution in [0, 0.1) is 0 Å². The Balaban J connectivity index is 0.000000422. The van der Waals surface area contributed by atoms with E-state index in [-0.39, 0.29) is 0 Å². The molecule has 0 spiro atoms. The van der Waals surface area contributed by atoms with Crippen LogP contribution in [0.25, 0.3) is 0 Å². The number of aliphatic carboxylic acids is 1. The topological polar surface area (TPSA) is 221 Å². The van der Waals surface area contributed by atoms with Crippen LogP contribution in [0.15, 0.2) is 15.7 Å². The van der Waals surface area contributed by atoms with Crippen LogP contribution in [0.4, 0.5) is 4.79 Å². The van der Waals surface area contributed by atoms with E-state index in [0.29, 0.717) is 19.4 Å². The molecule has 1 aromatic rings. The van der Waals surface area contributed by atoms with Crippen molar-refractivity contribution in [1.29, 1.82) is 0 Å². The minimum Gasteiger partial charge on any atom is -0.480 e. The van der Waals surface area contributed by atoms with E-state index >= 15 is 0 Å². The molecule has 23 heavy (non-hydrogen) atoms. The summed E-state index contributed by atoms with van der Waals surface area (Å²) in [6.45, 7) is 0.357. The molecule has 12 heteroatoms. The van der Waals surface area contributed by atoms with Gasteiger partial charge < -0.3 is 32.0 Å². The zero-order valence-corrected chi connectivity index (χ0v) is 11.9. The molecule has 1 aromatic heterocycles. The van der Waals surface area contributed by atoms with Gasteiger partial charge in [-0.1, -0.05) is 0 Å². The Kier molecular flexibility index (Phi) is 8.39. The van der Waals surface area contributed by atoms with E-state index in [9.17, 15) is 24.0 Å². The number of carbonyl (C=O) groups is 3. The average molecular weight is 331 g/mol. The Morgan fingerprint density at radius 3 is 2.26 bits per heavy atom. The van der Waals surface area contributed by atoms with Crippen molar-refractivity contribution in [3.8, 4) is 0 Å². The van der Waals surface area contributed by atoms with Gasteiger partial charge in [-0.25, -0.2) is 14.4 Å². The molecule has 1 rings (SSSR count). The number of H-pyrrole nitrogens is 2. The molecule has 0 saturated heterocycles. The Hall–Kier alpha value is -3.15. The van der Waals surface area contributed by atoms with Crippen LogP contribution in [0.1, 0.15) is 23.3 Å². The van der Waals surface area contributed by atoms with E-state index in [0.717, 1.165) is 6.07 Å². The van der Waals surface area contributed by atoms with Crippen molar-refractivity contribution in [3.05, 3.63) is 32.6 Å².